The fourth-order valence-corrected chi connectivity index (χ4v) is 1.75. The van der Waals surface area contributed by atoms with Crippen LogP contribution in [0.4, 0.5) is 4.39 Å². The highest BCUT2D eigenvalue weighted by Gasteiger charge is 2.30. The molecule has 0 aliphatic carbocycles. The molecule has 0 saturated heterocycles. The number of rotatable bonds is 6. The van der Waals surface area contributed by atoms with Gasteiger partial charge in [-0.15, -0.1) is 0 Å². The van der Waals surface area contributed by atoms with E-state index in [4.69, 9.17) is 4.74 Å². The lowest BCUT2D eigenvalue weighted by Gasteiger charge is -2.22. The molecule has 0 radical (unpaired) electrons. The molecule has 5 heteroatoms. The van der Waals surface area contributed by atoms with E-state index in [1.807, 2.05) is 0 Å². The number of ether oxygens (including phenoxy) is 1. The van der Waals surface area contributed by atoms with Crippen molar-refractivity contribution in [2.45, 2.75) is 38.9 Å². The summed E-state index contributed by atoms with van der Waals surface area (Å²) in [7, 11) is 0. The first-order valence-electron chi connectivity index (χ1n) is 6.55. The van der Waals surface area contributed by atoms with Crippen LogP contribution < -0.4 is 5.32 Å². The first-order chi connectivity index (χ1) is 9.33. The molecule has 4 nitrogen and oxygen atoms in total. The molecule has 0 aromatic heterocycles. The molecule has 0 heterocycles. The van der Waals surface area contributed by atoms with Gasteiger partial charge < -0.3 is 10.1 Å². The Morgan fingerprint density at radius 3 is 2.40 bits per heavy atom. The van der Waals surface area contributed by atoms with E-state index in [-0.39, 0.29) is 13.0 Å². The quantitative estimate of drug-likeness (QED) is 0.815. The molecule has 1 N–H and O–H groups in total. The maximum Gasteiger partial charge on any atom is 0.328 e. The zero-order chi connectivity index (χ0) is 15.2. The van der Waals surface area contributed by atoms with Crippen molar-refractivity contribution < 1.29 is 18.7 Å². The molecule has 0 fully saturated rings. The van der Waals surface area contributed by atoms with E-state index in [0.29, 0.717) is 5.56 Å². The number of benzene rings is 1. The molecule has 1 aromatic carbocycles. The van der Waals surface area contributed by atoms with E-state index < -0.39 is 23.6 Å². The van der Waals surface area contributed by atoms with Crippen LogP contribution in [0.5, 0.6) is 0 Å². The van der Waals surface area contributed by atoms with Crippen molar-refractivity contribution >= 4 is 11.9 Å². The van der Waals surface area contributed by atoms with Crippen molar-refractivity contribution in [3.05, 3.63) is 35.9 Å². The lowest BCUT2D eigenvalue weighted by atomic mass is 10.0. The Morgan fingerprint density at radius 2 is 1.90 bits per heavy atom. The van der Waals surface area contributed by atoms with E-state index in [9.17, 15) is 14.0 Å². The summed E-state index contributed by atoms with van der Waals surface area (Å²) in [6.07, 6.45) is -0.135. The minimum atomic E-state index is -1.58. The lowest BCUT2D eigenvalue weighted by molar-refractivity contribution is -0.146. The molecule has 0 aliphatic heterocycles. The monoisotopic (exact) mass is 281 g/mol. The van der Waals surface area contributed by atoms with Crippen LogP contribution >= 0.6 is 0 Å². The molecular weight excluding hydrogens is 261 g/mol. The average molecular weight is 281 g/mol. The highest BCUT2D eigenvalue weighted by Crippen LogP contribution is 2.17. The Morgan fingerprint density at radius 1 is 1.30 bits per heavy atom. The average Bonchev–Trinajstić information content (AvgIpc) is 2.37. The second-order valence-corrected chi connectivity index (χ2v) is 5.07. The van der Waals surface area contributed by atoms with Gasteiger partial charge in [-0.25, -0.2) is 9.18 Å². The Balaban J connectivity index is 2.79. The molecule has 0 saturated carbocycles. The summed E-state index contributed by atoms with van der Waals surface area (Å²) in [6.45, 7) is 4.56. The van der Waals surface area contributed by atoms with Crippen LogP contribution in [0, 0.1) is 0 Å². The predicted molar refractivity (Wildman–Crippen MR) is 74.1 cm³/mol. The second-order valence-electron chi connectivity index (χ2n) is 5.07. The maximum atomic E-state index is 13.7. The van der Waals surface area contributed by atoms with Gasteiger partial charge in [0, 0.05) is 12.0 Å². The van der Waals surface area contributed by atoms with Crippen LogP contribution in [-0.4, -0.2) is 30.2 Å². The fourth-order valence-electron chi connectivity index (χ4n) is 1.75. The smallest absolute Gasteiger partial charge is 0.328 e. The second kappa shape index (κ2) is 7.03. The van der Waals surface area contributed by atoms with Crippen molar-refractivity contribution in [2.75, 3.05) is 6.61 Å². The van der Waals surface area contributed by atoms with Gasteiger partial charge in [0.1, 0.15) is 11.7 Å². The maximum absolute atomic E-state index is 13.7. The van der Waals surface area contributed by atoms with Crippen LogP contribution in [0.3, 0.4) is 0 Å². The van der Waals surface area contributed by atoms with Gasteiger partial charge >= 0.3 is 5.97 Å². The van der Waals surface area contributed by atoms with Gasteiger partial charge in [0.05, 0.1) is 6.61 Å². The van der Waals surface area contributed by atoms with E-state index in [2.05, 4.69) is 5.32 Å². The lowest BCUT2D eigenvalue weighted by Crippen LogP contribution is -2.45. The first-order valence-corrected chi connectivity index (χ1v) is 6.55. The third-order valence-electron chi connectivity index (χ3n) is 2.60. The van der Waals surface area contributed by atoms with E-state index in [1.54, 1.807) is 37.3 Å². The predicted octanol–water partition coefficient (Wildman–Crippen LogP) is 2.49. The van der Waals surface area contributed by atoms with Crippen LogP contribution in [-0.2, 0) is 9.53 Å². The van der Waals surface area contributed by atoms with Gasteiger partial charge in [-0.2, -0.15) is 0 Å². The third-order valence-corrected chi connectivity index (χ3v) is 2.60. The minimum Gasteiger partial charge on any atom is -0.464 e. The number of nitrogens with one attached hydrogen (secondary N) is 1. The molecule has 1 rings (SSSR count). The molecular formula is C15H20FNO3. The Kier molecular flexibility index (Phi) is 5.67. The topological polar surface area (TPSA) is 55.4 Å². The summed E-state index contributed by atoms with van der Waals surface area (Å²) in [6, 6.07) is 7.46. The number of amides is 1. The van der Waals surface area contributed by atoms with Crippen molar-refractivity contribution in [3.8, 4) is 0 Å². The fraction of sp³-hybridized carbons (Fsp3) is 0.467. The SMILES string of the molecule is CCOC(=O)[C@H](CC(C)(C)F)NC(=O)c1ccccc1. The van der Waals surface area contributed by atoms with Crippen molar-refractivity contribution in [2.24, 2.45) is 0 Å². The van der Waals surface area contributed by atoms with Crippen LogP contribution in [0.15, 0.2) is 30.3 Å². The Labute approximate surface area is 118 Å². The number of carbonyl (C=O) groups is 2. The van der Waals surface area contributed by atoms with Crippen LogP contribution in [0.1, 0.15) is 37.6 Å². The highest BCUT2D eigenvalue weighted by molar-refractivity contribution is 5.96. The zero-order valence-corrected chi connectivity index (χ0v) is 12.0. The van der Waals surface area contributed by atoms with Crippen molar-refractivity contribution in [1.82, 2.24) is 5.32 Å². The minimum absolute atomic E-state index is 0.135. The molecule has 0 unspecified atom stereocenters. The number of carbonyl (C=O) groups excluding carboxylic acids is 2. The normalized spacial score (nSPS) is 12.6. The third kappa shape index (κ3) is 5.38. The van der Waals surface area contributed by atoms with Gasteiger partial charge in [-0.05, 0) is 32.9 Å². The van der Waals surface area contributed by atoms with Gasteiger partial charge in [0.2, 0.25) is 0 Å². The Hall–Kier alpha value is -1.91. The molecule has 1 atom stereocenters. The molecule has 1 amide bonds. The van der Waals surface area contributed by atoms with Gasteiger partial charge in [-0.1, -0.05) is 18.2 Å². The first kappa shape index (κ1) is 16.1. The molecule has 1 aromatic rings. The summed E-state index contributed by atoms with van der Waals surface area (Å²) in [4.78, 5) is 23.8. The highest BCUT2D eigenvalue weighted by atomic mass is 19.1. The summed E-state index contributed by atoms with van der Waals surface area (Å²) in [5.74, 6) is -1.05. The van der Waals surface area contributed by atoms with Gasteiger partial charge in [-0.3, -0.25) is 4.79 Å². The number of hydrogen-bond donors (Lipinski definition) is 1. The zero-order valence-electron chi connectivity index (χ0n) is 12.0. The standard InChI is InChI=1S/C15H20FNO3/c1-4-20-14(19)12(10-15(2,3)16)17-13(18)11-8-6-5-7-9-11/h5-9,12H,4,10H2,1-3H3,(H,17,18)/t12-/m0/s1. The number of hydrogen-bond acceptors (Lipinski definition) is 3. The van der Waals surface area contributed by atoms with Crippen LogP contribution in [0.25, 0.3) is 0 Å². The van der Waals surface area contributed by atoms with Crippen molar-refractivity contribution in [3.63, 3.8) is 0 Å². The number of halogens is 1. The number of alkyl halides is 1. The molecule has 0 bridgehead atoms. The molecule has 20 heavy (non-hydrogen) atoms. The summed E-state index contributed by atoms with van der Waals surface area (Å²) in [5.41, 5.74) is -1.17. The Bertz CT molecular complexity index is 454. The van der Waals surface area contributed by atoms with Crippen molar-refractivity contribution in [1.29, 1.82) is 0 Å². The van der Waals surface area contributed by atoms with E-state index >= 15 is 0 Å². The summed E-state index contributed by atoms with van der Waals surface area (Å²) < 4.78 is 18.6. The number of esters is 1. The largest absolute Gasteiger partial charge is 0.464 e. The van der Waals surface area contributed by atoms with E-state index in [1.165, 1.54) is 13.8 Å². The molecule has 0 spiro atoms. The van der Waals surface area contributed by atoms with Crippen LogP contribution in [0.2, 0.25) is 0 Å². The summed E-state index contributed by atoms with van der Waals surface area (Å²) >= 11 is 0. The van der Waals surface area contributed by atoms with Gasteiger partial charge in [0.15, 0.2) is 0 Å². The molecule has 0 aliphatic rings. The summed E-state index contributed by atoms with van der Waals surface area (Å²) in [5, 5.41) is 2.52. The molecule has 110 valence electrons. The van der Waals surface area contributed by atoms with E-state index in [0.717, 1.165) is 0 Å². The van der Waals surface area contributed by atoms with Gasteiger partial charge in [0.25, 0.3) is 5.91 Å².